The van der Waals surface area contributed by atoms with Gasteiger partial charge in [-0.2, -0.15) is 0 Å². The van der Waals surface area contributed by atoms with Crippen LogP contribution in [-0.2, 0) is 13.0 Å². The highest BCUT2D eigenvalue weighted by molar-refractivity contribution is 7.11. The average molecular weight is 299 g/mol. The molecular formula is C19H25NS. The maximum atomic E-state index is 3.83. The molecule has 0 saturated heterocycles. The number of thiophene rings is 1. The fourth-order valence-corrected chi connectivity index (χ4v) is 4.32. The number of nitrogens with one attached hydrogen (secondary N) is 1. The summed E-state index contributed by atoms with van der Waals surface area (Å²) >= 11 is 1.96. The van der Waals surface area contributed by atoms with Gasteiger partial charge >= 0.3 is 0 Å². The molecule has 2 aromatic rings. The van der Waals surface area contributed by atoms with Gasteiger partial charge in [0.1, 0.15) is 0 Å². The van der Waals surface area contributed by atoms with E-state index in [0.29, 0.717) is 12.0 Å². The van der Waals surface area contributed by atoms with E-state index in [4.69, 9.17) is 0 Å². The molecule has 2 heteroatoms. The average Bonchev–Trinajstić information content (AvgIpc) is 3.02. The summed E-state index contributed by atoms with van der Waals surface area (Å²) in [5.41, 5.74) is 1.51. The topological polar surface area (TPSA) is 12.0 Å². The Labute approximate surface area is 132 Å². The molecule has 1 nitrogen and oxygen atoms in total. The molecule has 1 saturated carbocycles. The SMILES string of the molecule is CCc1ccc(CNC2CCCCC2c2ccccc2)s1. The van der Waals surface area contributed by atoms with Gasteiger partial charge in [-0.3, -0.25) is 0 Å². The van der Waals surface area contributed by atoms with Crippen molar-refractivity contribution < 1.29 is 0 Å². The summed E-state index contributed by atoms with van der Waals surface area (Å²) in [5.74, 6) is 0.686. The van der Waals surface area contributed by atoms with Crippen molar-refractivity contribution >= 4 is 11.3 Å². The van der Waals surface area contributed by atoms with E-state index in [9.17, 15) is 0 Å². The zero-order valence-corrected chi connectivity index (χ0v) is 13.7. The standard InChI is InChI=1S/C19H25NS/c1-2-16-12-13-17(21-16)14-20-19-11-7-6-10-18(19)15-8-4-3-5-9-15/h3-5,8-9,12-13,18-20H,2,6-7,10-11,14H2,1H3. The summed E-state index contributed by atoms with van der Waals surface area (Å²) in [6.07, 6.45) is 6.53. The van der Waals surface area contributed by atoms with Gasteiger partial charge in [0.15, 0.2) is 0 Å². The summed E-state index contributed by atoms with van der Waals surface area (Å²) in [5, 5.41) is 3.83. The second kappa shape index (κ2) is 7.24. The first-order valence-corrected chi connectivity index (χ1v) is 9.04. The second-order valence-corrected chi connectivity index (χ2v) is 7.26. The van der Waals surface area contributed by atoms with Crippen molar-refractivity contribution in [2.24, 2.45) is 0 Å². The molecule has 0 radical (unpaired) electrons. The molecule has 1 aromatic carbocycles. The molecule has 2 unspecified atom stereocenters. The zero-order valence-electron chi connectivity index (χ0n) is 12.8. The normalized spacial score (nSPS) is 22.3. The van der Waals surface area contributed by atoms with Crippen molar-refractivity contribution in [2.75, 3.05) is 0 Å². The fraction of sp³-hybridized carbons (Fsp3) is 0.474. The molecule has 1 aromatic heterocycles. The van der Waals surface area contributed by atoms with Gasteiger partial charge in [-0.05, 0) is 42.9 Å². The summed E-state index contributed by atoms with van der Waals surface area (Å²) in [6, 6.07) is 16.3. The second-order valence-electron chi connectivity index (χ2n) is 6.01. The summed E-state index contributed by atoms with van der Waals surface area (Å²) in [7, 11) is 0. The van der Waals surface area contributed by atoms with Crippen LogP contribution in [0.25, 0.3) is 0 Å². The Morgan fingerprint density at radius 3 is 2.52 bits per heavy atom. The van der Waals surface area contributed by atoms with Gasteiger partial charge < -0.3 is 5.32 Å². The Morgan fingerprint density at radius 1 is 1.00 bits per heavy atom. The number of hydrogen-bond donors (Lipinski definition) is 1. The van der Waals surface area contributed by atoms with Gasteiger partial charge in [0.2, 0.25) is 0 Å². The first-order chi connectivity index (χ1) is 10.4. The quantitative estimate of drug-likeness (QED) is 0.807. The van der Waals surface area contributed by atoms with Gasteiger partial charge in [-0.1, -0.05) is 50.1 Å². The maximum Gasteiger partial charge on any atom is 0.0302 e. The molecule has 21 heavy (non-hydrogen) atoms. The lowest BCUT2D eigenvalue weighted by molar-refractivity contribution is 0.327. The molecule has 1 fully saturated rings. The monoisotopic (exact) mass is 299 g/mol. The highest BCUT2D eigenvalue weighted by atomic mass is 32.1. The van der Waals surface area contributed by atoms with Crippen molar-refractivity contribution in [1.82, 2.24) is 5.32 Å². The zero-order chi connectivity index (χ0) is 14.5. The molecule has 2 atom stereocenters. The van der Waals surface area contributed by atoms with Crippen LogP contribution in [0.3, 0.4) is 0 Å². The third-order valence-electron chi connectivity index (χ3n) is 4.60. The fourth-order valence-electron chi connectivity index (χ4n) is 3.41. The highest BCUT2D eigenvalue weighted by Crippen LogP contribution is 2.33. The number of aryl methyl sites for hydroxylation is 1. The lowest BCUT2D eigenvalue weighted by Crippen LogP contribution is -2.36. The molecule has 0 bridgehead atoms. The first kappa shape index (κ1) is 14.8. The molecule has 3 rings (SSSR count). The number of rotatable bonds is 5. The molecule has 1 N–H and O–H groups in total. The predicted octanol–water partition coefficient (Wildman–Crippen LogP) is 5.13. The minimum absolute atomic E-state index is 0.633. The number of benzene rings is 1. The molecule has 0 aliphatic heterocycles. The van der Waals surface area contributed by atoms with Crippen molar-refractivity contribution in [3.63, 3.8) is 0 Å². The molecule has 112 valence electrons. The summed E-state index contributed by atoms with van der Waals surface area (Å²) < 4.78 is 0. The smallest absolute Gasteiger partial charge is 0.0302 e. The molecule has 0 amide bonds. The molecule has 1 aliphatic carbocycles. The number of hydrogen-bond acceptors (Lipinski definition) is 2. The third-order valence-corrected chi connectivity index (χ3v) is 5.83. The molecule has 1 aliphatic rings. The van der Waals surface area contributed by atoms with Crippen molar-refractivity contribution in [3.05, 3.63) is 57.8 Å². The first-order valence-electron chi connectivity index (χ1n) is 8.22. The summed E-state index contributed by atoms with van der Waals surface area (Å²) in [6.45, 7) is 3.26. The van der Waals surface area contributed by atoms with Crippen LogP contribution in [0.5, 0.6) is 0 Å². The van der Waals surface area contributed by atoms with E-state index >= 15 is 0 Å². The van der Waals surface area contributed by atoms with Gasteiger partial charge in [-0.15, -0.1) is 11.3 Å². The van der Waals surface area contributed by atoms with Crippen molar-refractivity contribution in [1.29, 1.82) is 0 Å². The molecular weight excluding hydrogens is 274 g/mol. The van der Waals surface area contributed by atoms with Gasteiger partial charge in [-0.25, -0.2) is 0 Å². The van der Waals surface area contributed by atoms with Gasteiger partial charge in [0.25, 0.3) is 0 Å². The van der Waals surface area contributed by atoms with E-state index in [1.54, 1.807) is 0 Å². The van der Waals surface area contributed by atoms with Gasteiger partial charge in [0.05, 0.1) is 0 Å². The van der Waals surface area contributed by atoms with E-state index in [2.05, 4.69) is 54.7 Å². The van der Waals surface area contributed by atoms with Crippen LogP contribution in [-0.4, -0.2) is 6.04 Å². The molecule has 1 heterocycles. The summed E-state index contributed by atoms with van der Waals surface area (Å²) in [4.78, 5) is 2.97. The van der Waals surface area contributed by atoms with Crippen LogP contribution in [0.4, 0.5) is 0 Å². The highest BCUT2D eigenvalue weighted by Gasteiger charge is 2.25. The Bertz CT molecular complexity index is 546. The minimum Gasteiger partial charge on any atom is -0.308 e. The lowest BCUT2D eigenvalue weighted by Gasteiger charge is -2.32. The van der Waals surface area contributed by atoms with Crippen LogP contribution < -0.4 is 5.32 Å². The Balaban J connectivity index is 1.64. The van der Waals surface area contributed by atoms with Crippen molar-refractivity contribution in [3.8, 4) is 0 Å². The Morgan fingerprint density at radius 2 is 1.76 bits per heavy atom. The van der Waals surface area contributed by atoms with Crippen LogP contribution in [0, 0.1) is 0 Å². The van der Waals surface area contributed by atoms with Crippen LogP contribution in [0.1, 0.15) is 53.8 Å². The van der Waals surface area contributed by atoms with Gasteiger partial charge in [0, 0.05) is 22.3 Å². The van der Waals surface area contributed by atoms with E-state index < -0.39 is 0 Å². The third kappa shape index (κ3) is 3.75. The van der Waals surface area contributed by atoms with E-state index in [1.807, 2.05) is 11.3 Å². The van der Waals surface area contributed by atoms with Crippen LogP contribution >= 0.6 is 11.3 Å². The van der Waals surface area contributed by atoms with E-state index in [0.717, 1.165) is 13.0 Å². The predicted molar refractivity (Wildman–Crippen MR) is 92.0 cm³/mol. The Hall–Kier alpha value is -1.12. The molecule has 0 spiro atoms. The maximum absolute atomic E-state index is 3.83. The largest absolute Gasteiger partial charge is 0.308 e. The van der Waals surface area contributed by atoms with Crippen molar-refractivity contribution in [2.45, 2.75) is 57.5 Å². The van der Waals surface area contributed by atoms with Crippen LogP contribution in [0.2, 0.25) is 0 Å². The van der Waals surface area contributed by atoms with Crippen LogP contribution in [0.15, 0.2) is 42.5 Å². The Kier molecular flexibility index (Phi) is 5.10. The lowest BCUT2D eigenvalue weighted by atomic mass is 9.80. The minimum atomic E-state index is 0.633. The van der Waals surface area contributed by atoms with E-state index in [1.165, 1.54) is 41.0 Å². The van der Waals surface area contributed by atoms with E-state index in [-0.39, 0.29) is 0 Å².